The van der Waals surface area contributed by atoms with E-state index in [1.165, 1.54) is 11.1 Å². The topological polar surface area (TPSA) is 18.5 Å². The van der Waals surface area contributed by atoms with Gasteiger partial charge in [-0.25, -0.2) is 0 Å². The summed E-state index contributed by atoms with van der Waals surface area (Å²) in [7, 11) is 0. The Morgan fingerprint density at radius 3 is 1.54 bits per heavy atom. The molecule has 2 aromatic carbocycles. The summed E-state index contributed by atoms with van der Waals surface area (Å²) in [5, 5.41) is 0. The molecule has 0 amide bonds. The van der Waals surface area contributed by atoms with Crippen LogP contribution < -0.4 is 9.47 Å². The Hall–Kier alpha value is -1.96. The fourth-order valence-corrected chi connectivity index (χ4v) is 3.01. The first kappa shape index (κ1) is 20.4. The molecule has 0 spiro atoms. The van der Waals surface area contributed by atoms with Crippen molar-refractivity contribution in [1.29, 1.82) is 0 Å². The SMILES string of the molecule is CCC(C)(CC)Oc1ccc(C(C)(C)c2ccc(OC(C)C)cc2)cc1. The van der Waals surface area contributed by atoms with E-state index in [-0.39, 0.29) is 17.1 Å². The van der Waals surface area contributed by atoms with E-state index in [1.54, 1.807) is 0 Å². The fraction of sp³-hybridized carbons (Fsp3) is 0.500. The molecule has 0 aliphatic carbocycles. The minimum atomic E-state index is -0.0940. The predicted molar refractivity (Wildman–Crippen MR) is 110 cm³/mol. The van der Waals surface area contributed by atoms with Gasteiger partial charge in [-0.05, 0) is 69.0 Å². The molecular formula is C24H34O2. The van der Waals surface area contributed by atoms with Crippen LogP contribution in [-0.4, -0.2) is 11.7 Å². The van der Waals surface area contributed by atoms with Crippen LogP contribution in [0.25, 0.3) is 0 Å². The van der Waals surface area contributed by atoms with Crippen molar-refractivity contribution in [2.24, 2.45) is 0 Å². The summed E-state index contributed by atoms with van der Waals surface area (Å²) in [5.74, 6) is 1.86. The van der Waals surface area contributed by atoms with Gasteiger partial charge in [-0.15, -0.1) is 0 Å². The zero-order chi connectivity index (χ0) is 19.4. The van der Waals surface area contributed by atoms with Crippen molar-refractivity contribution in [3.8, 4) is 11.5 Å². The third kappa shape index (κ3) is 4.81. The molecule has 0 saturated heterocycles. The normalized spacial score (nSPS) is 12.3. The Kier molecular flexibility index (Phi) is 6.39. The van der Waals surface area contributed by atoms with E-state index in [0.29, 0.717) is 0 Å². The first-order chi connectivity index (χ1) is 12.2. The zero-order valence-corrected chi connectivity index (χ0v) is 17.4. The molecule has 0 aliphatic heterocycles. The molecule has 0 N–H and O–H groups in total. The molecule has 142 valence electrons. The second kappa shape index (κ2) is 8.16. The van der Waals surface area contributed by atoms with Crippen molar-refractivity contribution < 1.29 is 9.47 Å². The Bertz CT molecular complexity index is 677. The predicted octanol–water partition coefficient (Wildman–Crippen LogP) is 6.76. The van der Waals surface area contributed by atoms with E-state index in [1.807, 2.05) is 13.8 Å². The quantitative estimate of drug-likeness (QED) is 0.521. The van der Waals surface area contributed by atoms with Crippen molar-refractivity contribution in [2.75, 3.05) is 0 Å². The second-order valence-electron chi connectivity index (χ2n) is 8.10. The molecule has 0 fully saturated rings. The van der Waals surface area contributed by atoms with Gasteiger partial charge in [0.1, 0.15) is 17.1 Å². The maximum absolute atomic E-state index is 6.21. The Morgan fingerprint density at radius 2 is 1.15 bits per heavy atom. The number of hydrogen-bond acceptors (Lipinski definition) is 2. The average molecular weight is 355 g/mol. The fourth-order valence-electron chi connectivity index (χ4n) is 3.01. The van der Waals surface area contributed by atoms with Crippen LogP contribution in [0, 0.1) is 0 Å². The van der Waals surface area contributed by atoms with Crippen LogP contribution in [0.4, 0.5) is 0 Å². The molecule has 0 bridgehead atoms. The first-order valence-corrected chi connectivity index (χ1v) is 9.77. The van der Waals surface area contributed by atoms with Crippen molar-refractivity contribution in [3.63, 3.8) is 0 Å². The van der Waals surface area contributed by atoms with E-state index in [9.17, 15) is 0 Å². The van der Waals surface area contributed by atoms with Gasteiger partial charge in [0.05, 0.1) is 6.10 Å². The highest BCUT2D eigenvalue weighted by Gasteiger charge is 2.25. The van der Waals surface area contributed by atoms with Crippen molar-refractivity contribution in [3.05, 3.63) is 59.7 Å². The van der Waals surface area contributed by atoms with Crippen LogP contribution >= 0.6 is 0 Å². The van der Waals surface area contributed by atoms with Crippen LogP contribution in [0.1, 0.15) is 72.4 Å². The second-order valence-corrected chi connectivity index (χ2v) is 8.10. The van der Waals surface area contributed by atoms with E-state index in [4.69, 9.17) is 9.47 Å². The number of hydrogen-bond donors (Lipinski definition) is 0. The molecule has 0 aromatic heterocycles. The van der Waals surface area contributed by atoms with Gasteiger partial charge in [-0.3, -0.25) is 0 Å². The van der Waals surface area contributed by atoms with Gasteiger partial charge in [0.15, 0.2) is 0 Å². The van der Waals surface area contributed by atoms with Gasteiger partial charge in [0, 0.05) is 5.41 Å². The molecule has 0 saturated carbocycles. The third-order valence-corrected chi connectivity index (χ3v) is 5.38. The van der Waals surface area contributed by atoms with Crippen molar-refractivity contribution >= 4 is 0 Å². The summed E-state index contributed by atoms with van der Waals surface area (Å²) in [5.41, 5.74) is 2.38. The van der Waals surface area contributed by atoms with Crippen LogP contribution in [0.5, 0.6) is 11.5 Å². The smallest absolute Gasteiger partial charge is 0.120 e. The van der Waals surface area contributed by atoms with Crippen LogP contribution in [0.2, 0.25) is 0 Å². The molecule has 0 unspecified atom stereocenters. The van der Waals surface area contributed by atoms with E-state index < -0.39 is 0 Å². The van der Waals surface area contributed by atoms with Crippen molar-refractivity contribution in [2.45, 2.75) is 78.4 Å². The van der Waals surface area contributed by atoms with Gasteiger partial charge in [-0.1, -0.05) is 52.0 Å². The van der Waals surface area contributed by atoms with Crippen molar-refractivity contribution in [1.82, 2.24) is 0 Å². The van der Waals surface area contributed by atoms with E-state index >= 15 is 0 Å². The molecule has 2 nitrogen and oxygen atoms in total. The molecule has 26 heavy (non-hydrogen) atoms. The summed E-state index contributed by atoms with van der Waals surface area (Å²) in [6, 6.07) is 17.0. The van der Waals surface area contributed by atoms with E-state index in [0.717, 1.165) is 24.3 Å². The van der Waals surface area contributed by atoms with Gasteiger partial charge >= 0.3 is 0 Å². The highest BCUT2D eigenvalue weighted by molar-refractivity contribution is 5.42. The molecule has 0 atom stereocenters. The minimum Gasteiger partial charge on any atom is -0.491 e. The highest BCUT2D eigenvalue weighted by atomic mass is 16.5. The molecule has 0 heterocycles. The van der Waals surface area contributed by atoms with Gasteiger partial charge < -0.3 is 9.47 Å². The Balaban J connectivity index is 2.18. The Morgan fingerprint density at radius 1 is 0.731 bits per heavy atom. The molecule has 2 heteroatoms. The molecule has 0 aliphatic rings. The number of rotatable bonds is 8. The summed E-state index contributed by atoms with van der Waals surface area (Å²) in [4.78, 5) is 0. The Labute approximate surface area is 159 Å². The minimum absolute atomic E-state index is 0.0757. The van der Waals surface area contributed by atoms with Gasteiger partial charge in [0.2, 0.25) is 0 Å². The molecule has 0 radical (unpaired) electrons. The lowest BCUT2D eigenvalue weighted by atomic mass is 9.78. The average Bonchev–Trinajstić information content (AvgIpc) is 2.62. The summed E-state index contributed by atoms with van der Waals surface area (Å²) >= 11 is 0. The lowest BCUT2D eigenvalue weighted by molar-refractivity contribution is 0.0802. The molecule has 2 rings (SSSR count). The monoisotopic (exact) mass is 354 g/mol. The standard InChI is InChI=1S/C24H34O2/c1-8-24(7,9-2)26-22-16-12-20(13-17-22)23(5,6)19-10-14-21(15-11-19)25-18(3)4/h10-18H,8-9H2,1-7H3. The van der Waals surface area contributed by atoms with Crippen LogP contribution in [-0.2, 0) is 5.41 Å². The molecule has 2 aromatic rings. The highest BCUT2D eigenvalue weighted by Crippen LogP contribution is 2.34. The molecular weight excluding hydrogens is 320 g/mol. The summed E-state index contributed by atoms with van der Waals surface area (Å²) in [6.07, 6.45) is 2.20. The lowest BCUT2D eigenvalue weighted by Gasteiger charge is -2.30. The maximum atomic E-state index is 6.21. The van der Waals surface area contributed by atoms with Crippen LogP contribution in [0.15, 0.2) is 48.5 Å². The number of ether oxygens (including phenoxy) is 2. The van der Waals surface area contributed by atoms with Gasteiger partial charge in [0.25, 0.3) is 0 Å². The third-order valence-electron chi connectivity index (χ3n) is 5.38. The lowest BCUT2D eigenvalue weighted by Crippen LogP contribution is -2.30. The number of benzene rings is 2. The van der Waals surface area contributed by atoms with Gasteiger partial charge in [-0.2, -0.15) is 0 Å². The van der Waals surface area contributed by atoms with Crippen LogP contribution in [0.3, 0.4) is 0 Å². The summed E-state index contributed by atoms with van der Waals surface area (Å²) < 4.78 is 12.0. The first-order valence-electron chi connectivity index (χ1n) is 9.77. The summed E-state index contributed by atoms with van der Waals surface area (Å²) in [6.45, 7) is 15.1. The van der Waals surface area contributed by atoms with E-state index in [2.05, 4.69) is 83.1 Å². The largest absolute Gasteiger partial charge is 0.491 e. The maximum Gasteiger partial charge on any atom is 0.120 e. The zero-order valence-electron chi connectivity index (χ0n) is 17.4.